The van der Waals surface area contributed by atoms with Crippen LogP contribution < -0.4 is 19.7 Å². The van der Waals surface area contributed by atoms with Crippen LogP contribution in [0.25, 0.3) is 0 Å². The standard InChI is InChI=1S/C21H28N4O3/c1-15-13-16(2)24-21(23-15)25-11-6-7-17(14-25)20(26)22-10-12-28-19-9-5-4-8-18(19)27-3/h4-5,8-9,13,17H,6-7,10-12,14H2,1-3H3,(H,22,26)/t17-/m0/s1. The van der Waals surface area contributed by atoms with Crippen molar-refractivity contribution in [1.82, 2.24) is 15.3 Å². The molecule has 0 bridgehead atoms. The maximum Gasteiger partial charge on any atom is 0.225 e. The van der Waals surface area contributed by atoms with Crippen molar-refractivity contribution in [3.8, 4) is 11.5 Å². The minimum absolute atomic E-state index is 0.0534. The first-order valence-corrected chi connectivity index (χ1v) is 9.67. The number of carbonyl (C=O) groups excluding carboxylic acids is 1. The third-order valence-corrected chi connectivity index (χ3v) is 4.77. The summed E-state index contributed by atoms with van der Waals surface area (Å²) in [4.78, 5) is 23.8. The van der Waals surface area contributed by atoms with Gasteiger partial charge in [-0.15, -0.1) is 0 Å². The Morgan fingerprint density at radius 3 is 2.64 bits per heavy atom. The highest BCUT2D eigenvalue weighted by atomic mass is 16.5. The van der Waals surface area contributed by atoms with Crippen molar-refractivity contribution in [2.24, 2.45) is 5.92 Å². The first kappa shape index (κ1) is 19.9. The molecule has 3 rings (SSSR count). The van der Waals surface area contributed by atoms with Crippen molar-refractivity contribution in [2.45, 2.75) is 26.7 Å². The number of benzene rings is 1. The van der Waals surface area contributed by atoms with Gasteiger partial charge < -0.3 is 19.7 Å². The van der Waals surface area contributed by atoms with Crippen molar-refractivity contribution in [1.29, 1.82) is 0 Å². The number of amides is 1. The maximum atomic E-state index is 12.6. The van der Waals surface area contributed by atoms with Gasteiger partial charge in [-0.05, 0) is 44.9 Å². The van der Waals surface area contributed by atoms with Gasteiger partial charge in [0.2, 0.25) is 11.9 Å². The Kier molecular flexibility index (Phi) is 6.68. The van der Waals surface area contributed by atoms with Crippen LogP contribution in [0.1, 0.15) is 24.2 Å². The summed E-state index contributed by atoms with van der Waals surface area (Å²) in [6.07, 6.45) is 1.83. The Hall–Kier alpha value is -2.83. The number of aromatic nitrogens is 2. The van der Waals surface area contributed by atoms with Gasteiger partial charge >= 0.3 is 0 Å². The van der Waals surface area contributed by atoms with Gasteiger partial charge in [0.05, 0.1) is 19.6 Å². The number of piperidine rings is 1. The molecule has 0 radical (unpaired) electrons. The predicted octanol–water partition coefficient (Wildman–Crippen LogP) is 2.51. The fourth-order valence-corrected chi connectivity index (χ4v) is 3.44. The van der Waals surface area contributed by atoms with E-state index in [1.54, 1.807) is 7.11 Å². The van der Waals surface area contributed by atoms with Gasteiger partial charge in [0.1, 0.15) is 6.61 Å². The minimum atomic E-state index is -0.0653. The summed E-state index contributed by atoms with van der Waals surface area (Å²) in [5.41, 5.74) is 1.89. The lowest BCUT2D eigenvalue weighted by molar-refractivity contribution is -0.125. The molecule has 1 atom stereocenters. The number of nitrogens with zero attached hydrogens (tertiary/aromatic N) is 3. The predicted molar refractivity (Wildman–Crippen MR) is 108 cm³/mol. The first-order chi connectivity index (χ1) is 13.6. The number of aryl methyl sites for hydroxylation is 2. The van der Waals surface area contributed by atoms with E-state index >= 15 is 0 Å². The second kappa shape index (κ2) is 9.39. The van der Waals surface area contributed by atoms with Crippen LogP contribution in [0.3, 0.4) is 0 Å². The molecule has 28 heavy (non-hydrogen) atoms. The molecule has 1 saturated heterocycles. The molecule has 1 fully saturated rings. The van der Waals surface area contributed by atoms with Gasteiger partial charge in [-0.1, -0.05) is 12.1 Å². The van der Waals surface area contributed by atoms with Crippen molar-refractivity contribution in [2.75, 3.05) is 38.3 Å². The van der Waals surface area contributed by atoms with E-state index in [2.05, 4.69) is 20.2 Å². The molecule has 1 aliphatic rings. The van der Waals surface area contributed by atoms with Crippen LogP contribution in [-0.2, 0) is 4.79 Å². The number of methoxy groups -OCH3 is 1. The van der Waals surface area contributed by atoms with Crippen molar-refractivity contribution in [3.05, 3.63) is 41.7 Å². The molecule has 0 spiro atoms. The molecular formula is C21H28N4O3. The van der Waals surface area contributed by atoms with Crippen LogP contribution in [0.15, 0.2) is 30.3 Å². The van der Waals surface area contributed by atoms with Gasteiger partial charge in [0, 0.05) is 24.5 Å². The minimum Gasteiger partial charge on any atom is -0.493 e. The van der Waals surface area contributed by atoms with Crippen molar-refractivity contribution < 1.29 is 14.3 Å². The maximum absolute atomic E-state index is 12.6. The highest BCUT2D eigenvalue weighted by molar-refractivity contribution is 5.79. The van der Waals surface area contributed by atoms with Crippen LogP contribution in [0.4, 0.5) is 5.95 Å². The van der Waals surface area contributed by atoms with Crippen molar-refractivity contribution >= 4 is 11.9 Å². The number of ether oxygens (including phenoxy) is 2. The van der Waals surface area contributed by atoms with Crippen molar-refractivity contribution in [3.63, 3.8) is 0 Å². The quantitative estimate of drug-likeness (QED) is 0.739. The molecule has 0 saturated carbocycles. The molecular weight excluding hydrogens is 356 g/mol. The lowest BCUT2D eigenvalue weighted by Gasteiger charge is -2.32. The summed E-state index contributed by atoms with van der Waals surface area (Å²) < 4.78 is 11.0. The van der Waals surface area contributed by atoms with E-state index in [1.165, 1.54) is 0 Å². The lowest BCUT2D eigenvalue weighted by atomic mass is 9.97. The molecule has 1 aromatic carbocycles. The number of nitrogens with one attached hydrogen (secondary N) is 1. The van der Waals surface area contributed by atoms with E-state index in [9.17, 15) is 4.79 Å². The van der Waals surface area contributed by atoms with Crippen LogP contribution in [-0.4, -0.2) is 49.2 Å². The molecule has 150 valence electrons. The molecule has 0 unspecified atom stereocenters. The largest absolute Gasteiger partial charge is 0.493 e. The van der Waals surface area contributed by atoms with E-state index in [0.717, 1.165) is 36.7 Å². The second-order valence-corrected chi connectivity index (χ2v) is 7.03. The highest BCUT2D eigenvalue weighted by Crippen LogP contribution is 2.25. The fourth-order valence-electron chi connectivity index (χ4n) is 3.44. The summed E-state index contributed by atoms with van der Waals surface area (Å²) in [7, 11) is 1.61. The van der Waals surface area contributed by atoms with Gasteiger partial charge in [-0.2, -0.15) is 0 Å². The molecule has 7 nitrogen and oxygen atoms in total. The Labute approximate surface area is 166 Å². The average Bonchev–Trinajstić information content (AvgIpc) is 2.70. The SMILES string of the molecule is COc1ccccc1OCCNC(=O)[C@H]1CCCN(c2nc(C)cc(C)n2)C1. The van der Waals surface area contributed by atoms with E-state index < -0.39 is 0 Å². The number of carbonyl (C=O) groups is 1. The summed E-state index contributed by atoms with van der Waals surface area (Å²) in [6, 6.07) is 9.44. The Morgan fingerprint density at radius 1 is 1.21 bits per heavy atom. The molecule has 1 aliphatic heterocycles. The Bertz CT molecular complexity index is 792. The van der Waals surface area contributed by atoms with Gasteiger partial charge in [-0.3, -0.25) is 4.79 Å². The topological polar surface area (TPSA) is 76.6 Å². The monoisotopic (exact) mass is 384 g/mol. The number of rotatable bonds is 7. The smallest absolute Gasteiger partial charge is 0.225 e. The summed E-state index contributed by atoms with van der Waals surface area (Å²) >= 11 is 0. The number of para-hydroxylation sites is 2. The van der Waals surface area contributed by atoms with Gasteiger partial charge in [-0.25, -0.2) is 9.97 Å². The molecule has 2 aromatic rings. The molecule has 2 heterocycles. The first-order valence-electron chi connectivity index (χ1n) is 9.67. The van der Waals surface area contributed by atoms with Gasteiger partial charge in [0.15, 0.2) is 11.5 Å². The molecule has 1 N–H and O–H groups in total. The second-order valence-electron chi connectivity index (χ2n) is 7.03. The summed E-state index contributed by atoms with van der Waals surface area (Å²) in [5, 5.41) is 2.98. The number of hydrogen-bond donors (Lipinski definition) is 1. The highest BCUT2D eigenvalue weighted by Gasteiger charge is 2.27. The average molecular weight is 384 g/mol. The van der Waals surface area contributed by atoms with Crippen LogP contribution in [0, 0.1) is 19.8 Å². The van der Waals surface area contributed by atoms with Crippen LogP contribution in [0.5, 0.6) is 11.5 Å². The Morgan fingerprint density at radius 2 is 1.93 bits per heavy atom. The third-order valence-electron chi connectivity index (χ3n) is 4.77. The van der Waals surface area contributed by atoms with Crippen LogP contribution >= 0.6 is 0 Å². The molecule has 1 aromatic heterocycles. The van der Waals surface area contributed by atoms with Gasteiger partial charge in [0.25, 0.3) is 0 Å². The summed E-state index contributed by atoms with van der Waals surface area (Å²) in [5.74, 6) is 2.07. The van der Waals surface area contributed by atoms with E-state index in [1.807, 2.05) is 44.2 Å². The zero-order chi connectivity index (χ0) is 19.9. The zero-order valence-electron chi connectivity index (χ0n) is 16.8. The summed E-state index contributed by atoms with van der Waals surface area (Å²) in [6.45, 7) is 6.30. The third kappa shape index (κ3) is 5.12. The van der Waals surface area contributed by atoms with Crippen LogP contribution in [0.2, 0.25) is 0 Å². The lowest BCUT2D eigenvalue weighted by Crippen LogP contribution is -2.44. The molecule has 0 aliphatic carbocycles. The Balaban J connectivity index is 1.49. The van der Waals surface area contributed by atoms with E-state index in [4.69, 9.17) is 9.47 Å². The zero-order valence-corrected chi connectivity index (χ0v) is 16.8. The van der Waals surface area contributed by atoms with E-state index in [-0.39, 0.29) is 11.8 Å². The number of anilines is 1. The molecule has 1 amide bonds. The fraction of sp³-hybridized carbons (Fsp3) is 0.476. The molecule has 7 heteroatoms. The number of hydrogen-bond acceptors (Lipinski definition) is 6. The normalized spacial score (nSPS) is 16.5. The van der Waals surface area contributed by atoms with E-state index in [0.29, 0.717) is 31.2 Å².